The predicted molar refractivity (Wildman–Crippen MR) is 85.4 cm³/mol. The molecule has 0 amide bonds. The van der Waals surface area contributed by atoms with Crippen molar-refractivity contribution in [3.05, 3.63) is 11.5 Å². The van der Waals surface area contributed by atoms with Crippen LogP contribution in [0.5, 0.6) is 0 Å². The molecule has 0 heterocycles. The first-order chi connectivity index (χ1) is 10.1. The predicted octanol–water partition coefficient (Wildman–Crippen LogP) is 5.19. The van der Waals surface area contributed by atoms with E-state index < -0.39 is 11.7 Å². The first-order valence-corrected chi connectivity index (χ1v) is 8.41. The average Bonchev–Trinajstić information content (AvgIpc) is 2.48. The van der Waals surface area contributed by atoms with Crippen molar-refractivity contribution < 1.29 is 19.7 Å². The van der Waals surface area contributed by atoms with E-state index in [1.807, 2.05) is 0 Å². The lowest BCUT2D eigenvalue weighted by Gasteiger charge is -2.05. The van der Waals surface area contributed by atoms with Crippen molar-refractivity contribution in [3.63, 3.8) is 0 Å². The number of carbonyl (C=O) groups excluding carboxylic acids is 1. The Morgan fingerprint density at radius 1 is 0.810 bits per heavy atom. The summed E-state index contributed by atoms with van der Waals surface area (Å²) in [5.41, 5.74) is 0. The van der Waals surface area contributed by atoms with E-state index in [-0.39, 0.29) is 12.4 Å². The molecule has 0 rings (SSSR count). The molecule has 0 aromatic carbocycles. The number of aliphatic hydroxyl groups excluding tert-OH is 2. The fourth-order valence-electron chi connectivity index (χ4n) is 2.22. The highest BCUT2D eigenvalue weighted by Crippen LogP contribution is 2.14. The van der Waals surface area contributed by atoms with Gasteiger partial charge in [-0.25, -0.2) is 4.79 Å². The van der Waals surface area contributed by atoms with E-state index in [9.17, 15) is 15.0 Å². The Bertz CT molecular complexity index is 297. The molecular formula is C17H32O4. The maximum absolute atomic E-state index is 11.2. The Morgan fingerprint density at radius 2 is 1.29 bits per heavy atom. The van der Waals surface area contributed by atoms with E-state index in [1.165, 1.54) is 44.9 Å². The van der Waals surface area contributed by atoms with Gasteiger partial charge in [0.1, 0.15) is 5.76 Å². The van der Waals surface area contributed by atoms with E-state index in [2.05, 4.69) is 11.7 Å². The Balaban J connectivity index is 3.53. The van der Waals surface area contributed by atoms with Crippen LogP contribution in [0.2, 0.25) is 0 Å². The molecule has 0 saturated carbocycles. The number of allylic oxidation sites excluding steroid dienone is 1. The second kappa shape index (κ2) is 13.8. The molecule has 0 fully saturated rings. The summed E-state index contributed by atoms with van der Waals surface area (Å²) in [6.07, 6.45) is 12.4. The molecule has 0 spiro atoms. The van der Waals surface area contributed by atoms with E-state index in [4.69, 9.17) is 0 Å². The van der Waals surface area contributed by atoms with Gasteiger partial charge in [0.25, 0.3) is 0 Å². The van der Waals surface area contributed by atoms with E-state index in [1.54, 1.807) is 6.92 Å². The summed E-state index contributed by atoms with van der Waals surface area (Å²) in [6.45, 7) is 4.07. The normalized spacial score (nSPS) is 12.1. The van der Waals surface area contributed by atoms with Gasteiger partial charge in [-0.1, -0.05) is 64.7 Å². The lowest BCUT2D eigenvalue weighted by Crippen LogP contribution is -2.09. The molecule has 0 aromatic heterocycles. The molecule has 4 nitrogen and oxygen atoms in total. The van der Waals surface area contributed by atoms with Crippen LogP contribution in [0.3, 0.4) is 0 Å². The van der Waals surface area contributed by atoms with Crippen molar-refractivity contribution >= 4 is 5.97 Å². The number of carbonyl (C=O) groups is 1. The minimum atomic E-state index is -0.845. The van der Waals surface area contributed by atoms with Gasteiger partial charge in [-0.15, -0.1) is 0 Å². The van der Waals surface area contributed by atoms with Gasteiger partial charge < -0.3 is 14.9 Å². The third-order valence-corrected chi connectivity index (χ3v) is 3.51. The summed E-state index contributed by atoms with van der Waals surface area (Å²) in [7, 11) is 0. The quantitative estimate of drug-likeness (QED) is 0.213. The van der Waals surface area contributed by atoms with Crippen LogP contribution >= 0.6 is 0 Å². The number of aliphatic hydroxyl groups is 2. The molecule has 2 N–H and O–H groups in total. The Hall–Kier alpha value is -1.19. The standard InChI is InChI=1S/C17H32O4/c1-3-5-6-7-8-9-10-11-12-13-14-15(18)16(19)17(20)21-4-2/h18-19H,3-14H2,1-2H3. The molecule has 0 radical (unpaired) electrons. The van der Waals surface area contributed by atoms with Crippen molar-refractivity contribution in [1.82, 2.24) is 0 Å². The number of unbranched alkanes of at least 4 members (excludes halogenated alkanes) is 9. The van der Waals surface area contributed by atoms with Gasteiger partial charge in [-0.2, -0.15) is 0 Å². The van der Waals surface area contributed by atoms with Gasteiger partial charge in [0, 0.05) is 6.42 Å². The number of ether oxygens (including phenoxy) is 1. The molecule has 0 atom stereocenters. The van der Waals surface area contributed by atoms with E-state index in [0.29, 0.717) is 6.42 Å². The third-order valence-electron chi connectivity index (χ3n) is 3.51. The van der Waals surface area contributed by atoms with Crippen LogP contribution in [0.1, 0.15) is 84.5 Å². The second-order valence-corrected chi connectivity index (χ2v) is 5.45. The van der Waals surface area contributed by atoms with Gasteiger partial charge in [-0.3, -0.25) is 0 Å². The van der Waals surface area contributed by atoms with Crippen LogP contribution in [0.4, 0.5) is 0 Å². The molecule has 0 aromatic rings. The van der Waals surface area contributed by atoms with E-state index in [0.717, 1.165) is 19.3 Å². The minimum Gasteiger partial charge on any atom is -0.508 e. The zero-order valence-corrected chi connectivity index (χ0v) is 13.7. The molecule has 21 heavy (non-hydrogen) atoms. The van der Waals surface area contributed by atoms with Crippen molar-refractivity contribution in [3.8, 4) is 0 Å². The lowest BCUT2D eigenvalue weighted by atomic mass is 10.1. The van der Waals surface area contributed by atoms with Crippen molar-refractivity contribution in [2.24, 2.45) is 0 Å². The van der Waals surface area contributed by atoms with Gasteiger partial charge in [-0.05, 0) is 13.3 Å². The smallest absolute Gasteiger partial charge is 0.376 e. The lowest BCUT2D eigenvalue weighted by molar-refractivity contribution is -0.141. The fourth-order valence-corrected chi connectivity index (χ4v) is 2.22. The summed E-state index contributed by atoms with van der Waals surface area (Å²) in [6, 6.07) is 0. The summed E-state index contributed by atoms with van der Waals surface area (Å²) in [5, 5.41) is 19.0. The maximum atomic E-state index is 11.2. The first kappa shape index (κ1) is 19.8. The third kappa shape index (κ3) is 11.2. The van der Waals surface area contributed by atoms with Crippen LogP contribution in [0, 0.1) is 0 Å². The van der Waals surface area contributed by atoms with Gasteiger partial charge in [0.2, 0.25) is 5.76 Å². The molecule has 0 aliphatic rings. The number of rotatable bonds is 13. The molecule has 0 aliphatic carbocycles. The zero-order valence-electron chi connectivity index (χ0n) is 13.7. The molecule has 0 unspecified atom stereocenters. The van der Waals surface area contributed by atoms with Crippen LogP contribution in [-0.2, 0) is 9.53 Å². The first-order valence-electron chi connectivity index (χ1n) is 8.41. The molecule has 0 saturated heterocycles. The molecule has 4 heteroatoms. The molecular weight excluding hydrogens is 268 g/mol. The highest BCUT2D eigenvalue weighted by Gasteiger charge is 2.14. The Labute approximate surface area is 129 Å². The minimum absolute atomic E-state index is 0.189. The summed E-state index contributed by atoms with van der Waals surface area (Å²) in [4.78, 5) is 11.2. The topological polar surface area (TPSA) is 66.8 Å². The van der Waals surface area contributed by atoms with Crippen molar-refractivity contribution in [1.29, 1.82) is 0 Å². The maximum Gasteiger partial charge on any atom is 0.376 e. The average molecular weight is 300 g/mol. The fraction of sp³-hybridized carbons (Fsp3) is 0.824. The Morgan fingerprint density at radius 3 is 1.76 bits per heavy atom. The zero-order chi connectivity index (χ0) is 15.9. The Kier molecular flexibility index (Phi) is 13.0. The van der Waals surface area contributed by atoms with Crippen LogP contribution in [0.25, 0.3) is 0 Å². The number of hydrogen-bond donors (Lipinski definition) is 2. The summed E-state index contributed by atoms with van der Waals surface area (Å²) < 4.78 is 4.62. The van der Waals surface area contributed by atoms with E-state index >= 15 is 0 Å². The largest absolute Gasteiger partial charge is 0.508 e. The highest BCUT2D eigenvalue weighted by atomic mass is 16.5. The SMILES string of the molecule is CCCCCCCCCCCCC(O)=C(O)C(=O)OCC. The van der Waals surface area contributed by atoms with Crippen molar-refractivity contribution in [2.75, 3.05) is 6.61 Å². The van der Waals surface area contributed by atoms with Gasteiger partial charge in [0.15, 0.2) is 0 Å². The molecule has 124 valence electrons. The monoisotopic (exact) mass is 300 g/mol. The molecule has 0 aliphatic heterocycles. The van der Waals surface area contributed by atoms with Crippen LogP contribution in [-0.4, -0.2) is 22.8 Å². The van der Waals surface area contributed by atoms with Gasteiger partial charge in [0.05, 0.1) is 6.61 Å². The van der Waals surface area contributed by atoms with Crippen LogP contribution in [0.15, 0.2) is 11.5 Å². The molecule has 0 bridgehead atoms. The number of hydrogen-bond acceptors (Lipinski definition) is 4. The summed E-state index contributed by atoms with van der Waals surface area (Å²) in [5.74, 6) is -1.75. The second-order valence-electron chi connectivity index (χ2n) is 5.45. The van der Waals surface area contributed by atoms with Gasteiger partial charge >= 0.3 is 5.97 Å². The van der Waals surface area contributed by atoms with Crippen LogP contribution < -0.4 is 0 Å². The highest BCUT2D eigenvalue weighted by molar-refractivity contribution is 5.86. The summed E-state index contributed by atoms with van der Waals surface area (Å²) >= 11 is 0. The number of esters is 1. The van der Waals surface area contributed by atoms with Crippen molar-refractivity contribution in [2.45, 2.75) is 84.5 Å².